The minimum atomic E-state index is 0.717. The molecule has 5 nitrogen and oxygen atoms in total. The average Bonchev–Trinajstić information content (AvgIpc) is 2.95. The third-order valence-corrected chi connectivity index (χ3v) is 3.18. The zero-order valence-corrected chi connectivity index (χ0v) is 11.2. The second-order valence-electron chi connectivity index (χ2n) is 4.65. The van der Waals surface area contributed by atoms with Crippen LogP contribution >= 0.6 is 0 Å². The van der Waals surface area contributed by atoms with E-state index in [0.717, 1.165) is 29.9 Å². The minimum absolute atomic E-state index is 0.717. The highest BCUT2D eigenvalue weighted by atomic mass is 15.2. The van der Waals surface area contributed by atoms with Crippen LogP contribution in [0, 0.1) is 0 Å². The molecule has 0 atom stereocenters. The first-order chi connectivity index (χ1) is 9.86. The van der Waals surface area contributed by atoms with E-state index in [2.05, 4.69) is 27.5 Å². The zero-order chi connectivity index (χ0) is 13.8. The summed E-state index contributed by atoms with van der Waals surface area (Å²) in [5.41, 5.74) is 8.82. The molecule has 102 valence electrons. The van der Waals surface area contributed by atoms with Crippen molar-refractivity contribution in [2.75, 3.05) is 11.9 Å². The van der Waals surface area contributed by atoms with E-state index in [1.54, 1.807) is 16.9 Å². The SMILES string of the molecule is NCCCc1cccc(Nc2nccn3nccc23)c1. The lowest BCUT2D eigenvalue weighted by atomic mass is 10.1. The molecule has 5 heteroatoms. The van der Waals surface area contributed by atoms with Gasteiger partial charge >= 0.3 is 0 Å². The highest BCUT2D eigenvalue weighted by Crippen LogP contribution is 2.20. The number of nitrogens with two attached hydrogens (primary N) is 1. The average molecular weight is 267 g/mol. The maximum absolute atomic E-state index is 5.55. The monoisotopic (exact) mass is 267 g/mol. The molecule has 0 amide bonds. The lowest BCUT2D eigenvalue weighted by molar-refractivity contribution is 0.833. The Morgan fingerprint density at radius 2 is 2.15 bits per heavy atom. The van der Waals surface area contributed by atoms with E-state index in [1.807, 2.05) is 24.4 Å². The van der Waals surface area contributed by atoms with Gasteiger partial charge in [-0.1, -0.05) is 12.1 Å². The van der Waals surface area contributed by atoms with Gasteiger partial charge in [-0.15, -0.1) is 0 Å². The van der Waals surface area contributed by atoms with Crippen LogP contribution in [0.15, 0.2) is 48.9 Å². The first kappa shape index (κ1) is 12.6. The number of nitrogens with zero attached hydrogens (tertiary/aromatic N) is 3. The van der Waals surface area contributed by atoms with Crippen LogP contribution in [0.5, 0.6) is 0 Å². The molecule has 3 rings (SSSR count). The molecule has 0 saturated carbocycles. The summed E-state index contributed by atoms with van der Waals surface area (Å²) in [5, 5.41) is 7.55. The van der Waals surface area contributed by atoms with Gasteiger partial charge < -0.3 is 11.1 Å². The Labute approximate surface area is 117 Å². The molecule has 0 radical (unpaired) electrons. The molecule has 20 heavy (non-hydrogen) atoms. The Morgan fingerprint density at radius 3 is 3.05 bits per heavy atom. The number of hydrogen-bond donors (Lipinski definition) is 2. The maximum Gasteiger partial charge on any atom is 0.156 e. The maximum atomic E-state index is 5.55. The number of benzene rings is 1. The second kappa shape index (κ2) is 5.71. The number of anilines is 2. The van der Waals surface area contributed by atoms with Crippen LogP contribution in [0.25, 0.3) is 5.52 Å². The van der Waals surface area contributed by atoms with E-state index in [0.29, 0.717) is 6.54 Å². The summed E-state index contributed by atoms with van der Waals surface area (Å²) in [6, 6.07) is 10.3. The van der Waals surface area contributed by atoms with E-state index in [-0.39, 0.29) is 0 Å². The van der Waals surface area contributed by atoms with Crippen LogP contribution in [-0.4, -0.2) is 21.1 Å². The fourth-order valence-corrected chi connectivity index (χ4v) is 2.20. The van der Waals surface area contributed by atoms with Gasteiger partial charge in [0.2, 0.25) is 0 Å². The molecular formula is C15H17N5. The van der Waals surface area contributed by atoms with Crippen molar-refractivity contribution in [1.29, 1.82) is 0 Å². The Morgan fingerprint density at radius 1 is 1.20 bits per heavy atom. The smallest absolute Gasteiger partial charge is 0.156 e. The van der Waals surface area contributed by atoms with E-state index in [9.17, 15) is 0 Å². The predicted molar refractivity (Wildman–Crippen MR) is 80.1 cm³/mol. The minimum Gasteiger partial charge on any atom is -0.338 e. The van der Waals surface area contributed by atoms with Gasteiger partial charge in [0.05, 0.1) is 6.20 Å². The molecule has 0 aliphatic carbocycles. The van der Waals surface area contributed by atoms with E-state index >= 15 is 0 Å². The lowest BCUT2D eigenvalue weighted by Gasteiger charge is -2.08. The first-order valence-corrected chi connectivity index (χ1v) is 6.71. The highest BCUT2D eigenvalue weighted by molar-refractivity contribution is 5.72. The summed E-state index contributed by atoms with van der Waals surface area (Å²) in [5.74, 6) is 0.806. The first-order valence-electron chi connectivity index (χ1n) is 6.71. The molecule has 1 aromatic carbocycles. The van der Waals surface area contributed by atoms with Gasteiger partial charge in [-0.2, -0.15) is 5.10 Å². The molecule has 0 saturated heterocycles. The Hall–Kier alpha value is -2.40. The topological polar surface area (TPSA) is 68.2 Å². The number of hydrogen-bond acceptors (Lipinski definition) is 4. The van der Waals surface area contributed by atoms with Gasteiger partial charge in [-0.3, -0.25) is 0 Å². The van der Waals surface area contributed by atoms with Crippen LogP contribution < -0.4 is 11.1 Å². The number of rotatable bonds is 5. The van der Waals surface area contributed by atoms with Crippen molar-refractivity contribution in [1.82, 2.24) is 14.6 Å². The van der Waals surface area contributed by atoms with E-state index < -0.39 is 0 Å². The normalized spacial score (nSPS) is 10.8. The van der Waals surface area contributed by atoms with Gasteiger partial charge in [-0.05, 0) is 43.1 Å². The van der Waals surface area contributed by atoms with E-state index in [1.165, 1.54) is 5.56 Å². The summed E-state index contributed by atoms with van der Waals surface area (Å²) in [6.45, 7) is 0.717. The molecule has 0 spiro atoms. The van der Waals surface area contributed by atoms with Crippen molar-refractivity contribution in [3.8, 4) is 0 Å². The van der Waals surface area contributed by atoms with Crippen molar-refractivity contribution in [3.05, 3.63) is 54.5 Å². The molecule has 0 aliphatic rings. The molecule has 0 aliphatic heterocycles. The van der Waals surface area contributed by atoms with Gasteiger partial charge in [0.25, 0.3) is 0 Å². The number of nitrogens with one attached hydrogen (secondary N) is 1. The largest absolute Gasteiger partial charge is 0.338 e. The number of aryl methyl sites for hydroxylation is 1. The Kier molecular flexibility index (Phi) is 3.60. The summed E-state index contributed by atoms with van der Waals surface area (Å²) in [6.07, 6.45) is 7.33. The van der Waals surface area contributed by atoms with Crippen molar-refractivity contribution in [3.63, 3.8) is 0 Å². The Bertz CT molecular complexity index is 704. The standard InChI is InChI=1S/C15H17N5/c16-7-2-4-12-3-1-5-13(11-12)19-15-14-6-8-18-20(14)10-9-17-15/h1,3,5-6,8-11H,2,4,7,16H2,(H,17,19). The molecule has 0 bridgehead atoms. The quantitative estimate of drug-likeness (QED) is 0.744. The van der Waals surface area contributed by atoms with Gasteiger partial charge in [0.1, 0.15) is 5.52 Å². The molecule has 3 N–H and O–H groups in total. The van der Waals surface area contributed by atoms with Crippen LogP contribution in [-0.2, 0) is 6.42 Å². The third kappa shape index (κ3) is 2.62. The summed E-state index contributed by atoms with van der Waals surface area (Å²) in [7, 11) is 0. The zero-order valence-electron chi connectivity index (χ0n) is 11.2. The van der Waals surface area contributed by atoms with Crippen LogP contribution in [0.4, 0.5) is 11.5 Å². The summed E-state index contributed by atoms with van der Waals surface area (Å²) >= 11 is 0. The molecule has 3 aromatic rings. The van der Waals surface area contributed by atoms with Gasteiger partial charge in [0, 0.05) is 18.1 Å². The third-order valence-electron chi connectivity index (χ3n) is 3.18. The predicted octanol–water partition coefficient (Wildman–Crippen LogP) is 2.36. The van der Waals surface area contributed by atoms with Crippen molar-refractivity contribution in [2.45, 2.75) is 12.8 Å². The van der Waals surface area contributed by atoms with Gasteiger partial charge in [0.15, 0.2) is 5.82 Å². The molecular weight excluding hydrogens is 250 g/mol. The lowest BCUT2D eigenvalue weighted by Crippen LogP contribution is -2.01. The van der Waals surface area contributed by atoms with E-state index in [4.69, 9.17) is 5.73 Å². The Balaban J connectivity index is 1.85. The molecule has 0 fully saturated rings. The van der Waals surface area contributed by atoms with Crippen LogP contribution in [0.2, 0.25) is 0 Å². The number of fused-ring (bicyclic) bond motifs is 1. The van der Waals surface area contributed by atoms with Crippen molar-refractivity contribution in [2.24, 2.45) is 5.73 Å². The fraction of sp³-hybridized carbons (Fsp3) is 0.200. The van der Waals surface area contributed by atoms with Crippen LogP contribution in [0.1, 0.15) is 12.0 Å². The number of aromatic nitrogens is 3. The summed E-state index contributed by atoms with van der Waals surface area (Å²) < 4.78 is 1.80. The van der Waals surface area contributed by atoms with Crippen molar-refractivity contribution >= 4 is 17.0 Å². The van der Waals surface area contributed by atoms with Crippen LogP contribution in [0.3, 0.4) is 0 Å². The second-order valence-corrected chi connectivity index (χ2v) is 4.65. The molecule has 2 heterocycles. The van der Waals surface area contributed by atoms with Crippen molar-refractivity contribution < 1.29 is 0 Å². The molecule has 0 unspecified atom stereocenters. The highest BCUT2D eigenvalue weighted by Gasteiger charge is 2.03. The fourth-order valence-electron chi connectivity index (χ4n) is 2.20. The molecule has 2 aromatic heterocycles. The summed E-state index contributed by atoms with van der Waals surface area (Å²) in [4.78, 5) is 4.37. The van der Waals surface area contributed by atoms with Gasteiger partial charge in [-0.25, -0.2) is 9.50 Å².